The lowest BCUT2D eigenvalue weighted by Crippen LogP contribution is -2.30. The SMILES string of the molecule is COC(=O)C1=C(C)N(c2ccc(C(C)C)cc2)C(=O)/C1=C\c1ccc(OCC(=O)NCCc2ccccc2)cc1. The summed E-state index contributed by atoms with van der Waals surface area (Å²) in [6.45, 7) is 6.38. The quantitative estimate of drug-likeness (QED) is 0.275. The lowest BCUT2D eigenvalue weighted by Gasteiger charge is -2.19. The van der Waals surface area contributed by atoms with Gasteiger partial charge in [0.25, 0.3) is 11.8 Å². The first-order chi connectivity index (χ1) is 19.3. The average molecular weight is 539 g/mol. The number of benzene rings is 3. The Morgan fingerprint density at radius 1 is 0.950 bits per heavy atom. The van der Waals surface area contributed by atoms with Crippen LogP contribution in [0.4, 0.5) is 5.69 Å². The van der Waals surface area contributed by atoms with Gasteiger partial charge in [0.05, 0.1) is 18.3 Å². The molecule has 2 amide bonds. The molecule has 0 fully saturated rings. The minimum atomic E-state index is -0.573. The first-order valence-electron chi connectivity index (χ1n) is 13.3. The molecule has 3 aromatic carbocycles. The summed E-state index contributed by atoms with van der Waals surface area (Å²) < 4.78 is 10.6. The minimum absolute atomic E-state index is 0.104. The molecule has 0 unspecified atom stereocenters. The molecule has 4 rings (SSSR count). The van der Waals surface area contributed by atoms with E-state index in [1.165, 1.54) is 12.0 Å². The molecule has 1 aliphatic rings. The standard InChI is InChI=1S/C33H34N2O5/c1-22(2)26-12-14-27(15-13-26)35-23(3)31(33(38)39-4)29(32(35)37)20-25-10-16-28(17-11-25)40-21-30(36)34-19-18-24-8-6-5-7-9-24/h5-17,20,22H,18-19,21H2,1-4H3,(H,34,36)/b29-20-. The van der Waals surface area contributed by atoms with Crippen LogP contribution in [-0.4, -0.2) is 38.0 Å². The van der Waals surface area contributed by atoms with E-state index in [-0.39, 0.29) is 29.6 Å². The monoisotopic (exact) mass is 538 g/mol. The highest BCUT2D eigenvalue weighted by Gasteiger charge is 2.37. The zero-order valence-electron chi connectivity index (χ0n) is 23.3. The lowest BCUT2D eigenvalue weighted by atomic mass is 10.0. The van der Waals surface area contributed by atoms with E-state index in [9.17, 15) is 14.4 Å². The topological polar surface area (TPSA) is 84.9 Å². The maximum atomic E-state index is 13.5. The van der Waals surface area contributed by atoms with Crippen molar-refractivity contribution in [2.24, 2.45) is 0 Å². The van der Waals surface area contributed by atoms with Gasteiger partial charge in [0.1, 0.15) is 5.75 Å². The average Bonchev–Trinajstić information content (AvgIpc) is 3.21. The third-order valence-electron chi connectivity index (χ3n) is 6.75. The number of allylic oxidation sites excluding steroid dienone is 1. The molecular formula is C33H34N2O5. The van der Waals surface area contributed by atoms with E-state index in [0.717, 1.165) is 17.5 Å². The molecule has 0 aromatic heterocycles. The van der Waals surface area contributed by atoms with Gasteiger partial charge in [-0.1, -0.05) is 68.4 Å². The van der Waals surface area contributed by atoms with Crippen molar-refractivity contribution in [3.05, 3.63) is 112 Å². The van der Waals surface area contributed by atoms with Crippen molar-refractivity contribution >= 4 is 29.5 Å². The minimum Gasteiger partial charge on any atom is -0.484 e. The fraction of sp³-hybridized carbons (Fsp3) is 0.242. The number of methoxy groups -OCH3 is 1. The third kappa shape index (κ3) is 6.67. The molecule has 206 valence electrons. The summed E-state index contributed by atoms with van der Waals surface area (Å²) in [5.41, 5.74) is 4.70. The van der Waals surface area contributed by atoms with E-state index in [1.54, 1.807) is 37.3 Å². The molecule has 0 aliphatic carbocycles. The summed E-state index contributed by atoms with van der Waals surface area (Å²) in [5.74, 6) is -0.199. The van der Waals surface area contributed by atoms with Gasteiger partial charge in [-0.25, -0.2) is 4.79 Å². The van der Waals surface area contributed by atoms with Gasteiger partial charge in [0.2, 0.25) is 0 Å². The predicted molar refractivity (Wildman–Crippen MR) is 156 cm³/mol. The van der Waals surface area contributed by atoms with Crippen molar-refractivity contribution in [3.63, 3.8) is 0 Å². The Balaban J connectivity index is 1.43. The molecule has 0 saturated heterocycles. The van der Waals surface area contributed by atoms with Crippen LogP contribution in [0.3, 0.4) is 0 Å². The highest BCUT2D eigenvalue weighted by molar-refractivity contribution is 6.23. The Kier molecular flexibility index (Phi) is 9.17. The number of nitrogens with zero attached hydrogens (tertiary/aromatic N) is 1. The molecule has 1 N–H and O–H groups in total. The van der Waals surface area contributed by atoms with E-state index >= 15 is 0 Å². The predicted octanol–water partition coefficient (Wildman–Crippen LogP) is 5.42. The lowest BCUT2D eigenvalue weighted by molar-refractivity contribution is -0.136. The Bertz CT molecular complexity index is 1420. The number of carbonyl (C=O) groups is 3. The van der Waals surface area contributed by atoms with Crippen molar-refractivity contribution in [3.8, 4) is 5.75 Å². The molecule has 7 nitrogen and oxygen atoms in total. The van der Waals surface area contributed by atoms with Gasteiger partial charge < -0.3 is 14.8 Å². The number of esters is 1. The molecule has 0 saturated carbocycles. The van der Waals surface area contributed by atoms with Gasteiger partial charge in [0, 0.05) is 17.9 Å². The van der Waals surface area contributed by atoms with Gasteiger partial charge in [-0.3, -0.25) is 14.5 Å². The first-order valence-corrected chi connectivity index (χ1v) is 13.3. The van der Waals surface area contributed by atoms with Crippen LogP contribution < -0.4 is 15.0 Å². The number of carbonyl (C=O) groups excluding carboxylic acids is 3. The normalized spacial score (nSPS) is 14.2. The van der Waals surface area contributed by atoms with Crippen molar-refractivity contribution < 1.29 is 23.9 Å². The summed E-state index contributed by atoms with van der Waals surface area (Å²) in [4.78, 5) is 39.9. The van der Waals surface area contributed by atoms with Gasteiger partial charge >= 0.3 is 5.97 Å². The summed E-state index contributed by atoms with van der Waals surface area (Å²) >= 11 is 0. The van der Waals surface area contributed by atoms with Crippen molar-refractivity contribution in [1.82, 2.24) is 5.32 Å². The number of hydrogen-bond acceptors (Lipinski definition) is 5. The van der Waals surface area contributed by atoms with Gasteiger partial charge in [-0.15, -0.1) is 0 Å². The highest BCUT2D eigenvalue weighted by Crippen LogP contribution is 2.36. The summed E-state index contributed by atoms with van der Waals surface area (Å²) in [5, 5.41) is 2.85. The fourth-order valence-electron chi connectivity index (χ4n) is 4.52. The van der Waals surface area contributed by atoms with Crippen LogP contribution in [0.15, 0.2) is 95.7 Å². The van der Waals surface area contributed by atoms with E-state index in [0.29, 0.717) is 35.2 Å². The first kappa shape index (κ1) is 28.4. The Morgan fingerprint density at radius 3 is 2.25 bits per heavy atom. The zero-order valence-corrected chi connectivity index (χ0v) is 23.3. The second kappa shape index (κ2) is 12.9. The van der Waals surface area contributed by atoms with Crippen LogP contribution in [0, 0.1) is 0 Å². The number of ether oxygens (including phenoxy) is 2. The number of rotatable bonds is 10. The Labute approximate surface area is 235 Å². The molecular weight excluding hydrogens is 504 g/mol. The van der Waals surface area contributed by atoms with Crippen molar-refractivity contribution in [2.45, 2.75) is 33.1 Å². The molecule has 7 heteroatoms. The summed E-state index contributed by atoms with van der Waals surface area (Å²) in [7, 11) is 1.30. The van der Waals surface area contributed by atoms with Crippen LogP contribution in [0.5, 0.6) is 5.75 Å². The number of hydrogen-bond donors (Lipinski definition) is 1. The molecule has 40 heavy (non-hydrogen) atoms. The smallest absolute Gasteiger partial charge is 0.340 e. The molecule has 0 spiro atoms. The Hall–Kier alpha value is -4.65. The maximum absolute atomic E-state index is 13.5. The summed E-state index contributed by atoms with van der Waals surface area (Å²) in [6.07, 6.45) is 2.41. The van der Waals surface area contributed by atoms with Gasteiger partial charge in [-0.2, -0.15) is 0 Å². The molecule has 0 bridgehead atoms. The maximum Gasteiger partial charge on any atom is 0.340 e. The van der Waals surface area contributed by atoms with E-state index in [4.69, 9.17) is 9.47 Å². The number of nitrogens with one attached hydrogen (secondary N) is 1. The second-order valence-corrected chi connectivity index (χ2v) is 9.84. The number of anilines is 1. The van der Waals surface area contributed by atoms with Crippen LogP contribution >= 0.6 is 0 Å². The van der Waals surface area contributed by atoms with Crippen LogP contribution in [-0.2, 0) is 25.5 Å². The third-order valence-corrected chi connectivity index (χ3v) is 6.75. The molecule has 1 heterocycles. The fourth-order valence-corrected chi connectivity index (χ4v) is 4.52. The van der Waals surface area contributed by atoms with Crippen LogP contribution in [0.1, 0.15) is 43.4 Å². The van der Waals surface area contributed by atoms with Crippen LogP contribution in [0.25, 0.3) is 6.08 Å². The molecule has 3 aromatic rings. The molecule has 0 radical (unpaired) electrons. The largest absolute Gasteiger partial charge is 0.484 e. The zero-order chi connectivity index (χ0) is 28.6. The van der Waals surface area contributed by atoms with Crippen LogP contribution in [0.2, 0.25) is 0 Å². The van der Waals surface area contributed by atoms with E-state index in [1.807, 2.05) is 54.6 Å². The highest BCUT2D eigenvalue weighted by atomic mass is 16.5. The van der Waals surface area contributed by atoms with Gasteiger partial charge in [0.15, 0.2) is 6.61 Å². The summed E-state index contributed by atoms with van der Waals surface area (Å²) in [6, 6.07) is 24.7. The van der Waals surface area contributed by atoms with Crippen molar-refractivity contribution in [1.29, 1.82) is 0 Å². The molecule has 0 atom stereocenters. The second-order valence-electron chi connectivity index (χ2n) is 9.84. The van der Waals surface area contributed by atoms with E-state index < -0.39 is 5.97 Å². The van der Waals surface area contributed by atoms with Crippen molar-refractivity contribution in [2.75, 3.05) is 25.2 Å². The molecule has 1 aliphatic heterocycles. The number of amides is 2. The van der Waals surface area contributed by atoms with Gasteiger partial charge in [-0.05, 0) is 66.3 Å². The van der Waals surface area contributed by atoms with E-state index in [2.05, 4.69) is 19.2 Å². The Morgan fingerprint density at radius 2 is 1.62 bits per heavy atom.